The molecule has 0 amide bonds. The summed E-state index contributed by atoms with van der Waals surface area (Å²) in [5, 5.41) is 29.5. The minimum atomic E-state index is -1.12. The molecular formula is C15H12FNO5. The Bertz CT molecular complexity index is 714. The number of nitro benzene ring substituents is 1. The number of nitrogens with zero attached hydrogens (tertiary/aromatic N) is 1. The summed E-state index contributed by atoms with van der Waals surface area (Å²) >= 11 is 0. The van der Waals surface area contributed by atoms with Gasteiger partial charge in [0.05, 0.1) is 10.8 Å². The largest absolute Gasteiger partial charge is 0.502 e. The summed E-state index contributed by atoms with van der Waals surface area (Å²) in [6.07, 6.45) is -0.0118. The number of aliphatic carboxylic acids is 1. The van der Waals surface area contributed by atoms with Crippen molar-refractivity contribution in [2.24, 2.45) is 0 Å². The van der Waals surface area contributed by atoms with Gasteiger partial charge in [-0.3, -0.25) is 14.9 Å². The highest BCUT2D eigenvalue weighted by Gasteiger charge is 2.22. The van der Waals surface area contributed by atoms with Crippen LogP contribution in [0, 0.1) is 15.9 Å². The van der Waals surface area contributed by atoms with E-state index in [0.717, 1.165) is 24.3 Å². The van der Waals surface area contributed by atoms with E-state index in [4.69, 9.17) is 0 Å². The molecule has 2 N–H and O–H groups in total. The van der Waals surface area contributed by atoms with Gasteiger partial charge in [0.25, 0.3) is 0 Å². The molecule has 2 aromatic rings. The van der Waals surface area contributed by atoms with Crippen molar-refractivity contribution in [3.05, 3.63) is 69.5 Å². The Morgan fingerprint density at radius 2 is 1.86 bits per heavy atom. The quantitative estimate of drug-likeness (QED) is 0.653. The summed E-state index contributed by atoms with van der Waals surface area (Å²) in [4.78, 5) is 21.4. The van der Waals surface area contributed by atoms with Gasteiger partial charge in [0.2, 0.25) is 0 Å². The monoisotopic (exact) mass is 305 g/mol. The highest BCUT2D eigenvalue weighted by atomic mass is 19.1. The first-order chi connectivity index (χ1) is 10.4. The third kappa shape index (κ3) is 3.38. The van der Waals surface area contributed by atoms with Crippen molar-refractivity contribution in [2.75, 3.05) is 0 Å². The van der Waals surface area contributed by atoms with Gasteiger partial charge in [-0.1, -0.05) is 18.2 Å². The Morgan fingerprint density at radius 1 is 1.23 bits per heavy atom. The molecule has 0 aliphatic carbocycles. The summed E-state index contributed by atoms with van der Waals surface area (Å²) in [6.45, 7) is 0. The standard InChI is InChI=1S/C15H12FNO5/c16-11-4-2-10(3-5-11)12(15(19)20)7-9-1-6-14(18)13(8-9)17(21)22/h1-6,8,12,18H,7H2,(H,19,20). The Morgan fingerprint density at radius 3 is 2.41 bits per heavy atom. The van der Waals surface area contributed by atoms with E-state index in [1.807, 2.05) is 0 Å². The number of rotatable bonds is 5. The predicted octanol–water partition coefficient (Wildman–Crippen LogP) is 2.85. The van der Waals surface area contributed by atoms with Crippen LogP contribution in [-0.2, 0) is 11.2 Å². The molecule has 0 bridgehead atoms. The van der Waals surface area contributed by atoms with E-state index in [1.54, 1.807) is 0 Å². The molecule has 1 unspecified atom stereocenters. The summed E-state index contributed by atoms with van der Waals surface area (Å²) in [5.74, 6) is -3.05. The maximum Gasteiger partial charge on any atom is 0.311 e. The average molecular weight is 305 g/mol. The number of aromatic hydroxyl groups is 1. The van der Waals surface area contributed by atoms with Crippen LogP contribution in [0.25, 0.3) is 0 Å². The number of benzene rings is 2. The summed E-state index contributed by atoms with van der Waals surface area (Å²) in [7, 11) is 0. The molecule has 2 rings (SSSR count). The summed E-state index contributed by atoms with van der Waals surface area (Å²) in [5.41, 5.74) is 0.298. The molecule has 7 heteroatoms. The molecule has 22 heavy (non-hydrogen) atoms. The minimum Gasteiger partial charge on any atom is -0.502 e. The molecule has 0 aromatic heterocycles. The predicted molar refractivity (Wildman–Crippen MR) is 75.2 cm³/mol. The first kappa shape index (κ1) is 15.4. The van der Waals surface area contributed by atoms with E-state index >= 15 is 0 Å². The molecule has 0 fully saturated rings. The van der Waals surface area contributed by atoms with E-state index in [0.29, 0.717) is 11.1 Å². The van der Waals surface area contributed by atoms with Crippen LogP contribution in [0.3, 0.4) is 0 Å². The minimum absolute atomic E-state index is 0.0118. The number of carbonyl (C=O) groups is 1. The van der Waals surface area contributed by atoms with Crippen LogP contribution in [0.2, 0.25) is 0 Å². The van der Waals surface area contributed by atoms with Crippen LogP contribution in [0.1, 0.15) is 17.0 Å². The SMILES string of the molecule is O=C(O)C(Cc1ccc(O)c([N+](=O)[O-])c1)c1ccc(F)cc1. The van der Waals surface area contributed by atoms with Gasteiger partial charge in [0, 0.05) is 6.07 Å². The molecular weight excluding hydrogens is 293 g/mol. The maximum atomic E-state index is 12.9. The van der Waals surface area contributed by atoms with Gasteiger partial charge >= 0.3 is 11.7 Å². The van der Waals surface area contributed by atoms with Gasteiger partial charge in [-0.2, -0.15) is 0 Å². The third-order valence-electron chi connectivity index (χ3n) is 3.25. The average Bonchev–Trinajstić information content (AvgIpc) is 2.47. The van der Waals surface area contributed by atoms with Crippen LogP contribution in [0.4, 0.5) is 10.1 Å². The molecule has 6 nitrogen and oxygen atoms in total. The second-order valence-electron chi connectivity index (χ2n) is 4.73. The van der Waals surface area contributed by atoms with E-state index in [2.05, 4.69) is 0 Å². The molecule has 2 aromatic carbocycles. The lowest BCUT2D eigenvalue weighted by Crippen LogP contribution is -2.14. The van der Waals surface area contributed by atoms with Crippen molar-refractivity contribution in [3.63, 3.8) is 0 Å². The fourth-order valence-corrected chi connectivity index (χ4v) is 2.12. The van der Waals surface area contributed by atoms with Gasteiger partial charge in [-0.05, 0) is 35.7 Å². The molecule has 0 aliphatic rings. The van der Waals surface area contributed by atoms with Crippen LogP contribution < -0.4 is 0 Å². The summed E-state index contributed by atoms with van der Waals surface area (Å²) in [6, 6.07) is 8.74. The van der Waals surface area contributed by atoms with Gasteiger partial charge in [-0.15, -0.1) is 0 Å². The molecule has 0 aliphatic heterocycles. The number of phenolic OH excluding ortho intramolecular Hbond substituents is 1. The van der Waals surface area contributed by atoms with Crippen LogP contribution >= 0.6 is 0 Å². The molecule has 0 spiro atoms. The van der Waals surface area contributed by atoms with E-state index in [1.165, 1.54) is 18.2 Å². The lowest BCUT2D eigenvalue weighted by atomic mass is 9.92. The van der Waals surface area contributed by atoms with Crippen molar-refractivity contribution < 1.29 is 24.3 Å². The zero-order valence-electron chi connectivity index (χ0n) is 11.3. The fourth-order valence-electron chi connectivity index (χ4n) is 2.12. The summed E-state index contributed by atoms with van der Waals surface area (Å²) < 4.78 is 12.9. The molecule has 1 atom stereocenters. The van der Waals surface area contributed by atoms with Crippen molar-refractivity contribution >= 4 is 11.7 Å². The second-order valence-corrected chi connectivity index (χ2v) is 4.73. The van der Waals surface area contributed by atoms with E-state index in [9.17, 15) is 29.5 Å². The number of nitro groups is 1. The lowest BCUT2D eigenvalue weighted by molar-refractivity contribution is -0.385. The Hall–Kier alpha value is -2.96. The number of carboxylic acid groups (broad SMARTS) is 1. The highest BCUT2D eigenvalue weighted by Crippen LogP contribution is 2.29. The zero-order valence-corrected chi connectivity index (χ0v) is 11.3. The van der Waals surface area contributed by atoms with Crippen molar-refractivity contribution in [3.8, 4) is 5.75 Å². The Balaban J connectivity index is 2.32. The molecule has 114 valence electrons. The van der Waals surface area contributed by atoms with Gasteiger partial charge in [0.1, 0.15) is 5.82 Å². The first-order valence-corrected chi connectivity index (χ1v) is 6.33. The van der Waals surface area contributed by atoms with Gasteiger partial charge < -0.3 is 10.2 Å². The maximum absolute atomic E-state index is 12.9. The van der Waals surface area contributed by atoms with Crippen molar-refractivity contribution in [1.82, 2.24) is 0 Å². The zero-order chi connectivity index (χ0) is 16.3. The lowest BCUT2D eigenvalue weighted by Gasteiger charge is -2.13. The van der Waals surface area contributed by atoms with Gasteiger partial charge in [-0.25, -0.2) is 4.39 Å². The Labute approximate surface area is 124 Å². The molecule has 0 heterocycles. The number of halogens is 1. The number of phenols is 1. The fraction of sp³-hybridized carbons (Fsp3) is 0.133. The topological polar surface area (TPSA) is 101 Å². The number of hydrogen-bond donors (Lipinski definition) is 2. The number of hydrogen-bond acceptors (Lipinski definition) is 4. The van der Waals surface area contributed by atoms with E-state index in [-0.39, 0.29) is 6.42 Å². The second kappa shape index (κ2) is 6.21. The third-order valence-corrected chi connectivity index (χ3v) is 3.25. The molecule has 0 saturated carbocycles. The van der Waals surface area contributed by atoms with E-state index < -0.39 is 34.1 Å². The van der Waals surface area contributed by atoms with Crippen molar-refractivity contribution in [1.29, 1.82) is 0 Å². The van der Waals surface area contributed by atoms with Crippen molar-refractivity contribution in [2.45, 2.75) is 12.3 Å². The van der Waals surface area contributed by atoms with Crippen LogP contribution in [0.5, 0.6) is 5.75 Å². The molecule has 0 saturated heterocycles. The van der Waals surface area contributed by atoms with Crippen LogP contribution in [0.15, 0.2) is 42.5 Å². The first-order valence-electron chi connectivity index (χ1n) is 6.33. The van der Waals surface area contributed by atoms with Gasteiger partial charge in [0.15, 0.2) is 5.75 Å². The van der Waals surface area contributed by atoms with Crippen LogP contribution in [-0.4, -0.2) is 21.1 Å². The Kier molecular flexibility index (Phi) is 4.36. The smallest absolute Gasteiger partial charge is 0.311 e. The normalized spacial score (nSPS) is 11.9. The highest BCUT2D eigenvalue weighted by molar-refractivity contribution is 5.76. The number of carboxylic acids is 1. The molecule has 0 radical (unpaired) electrons.